The van der Waals surface area contributed by atoms with E-state index in [1.54, 1.807) is 6.20 Å². The van der Waals surface area contributed by atoms with Crippen molar-refractivity contribution < 1.29 is 9.53 Å². The topological polar surface area (TPSA) is 45.7 Å². The summed E-state index contributed by atoms with van der Waals surface area (Å²) in [5.74, 6) is 1.74. The number of rotatable bonds is 2. The van der Waals surface area contributed by atoms with Crippen LogP contribution in [0.4, 0.5) is 5.82 Å². The number of nitrogens with zero attached hydrogens (tertiary/aromatic N) is 3. The van der Waals surface area contributed by atoms with Gasteiger partial charge >= 0.3 is 0 Å². The minimum atomic E-state index is -0.220. The number of hydrogen-bond acceptors (Lipinski definition) is 4. The number of ether oxygens (including phenoxy) is 1. The van der Waals surface area contributed by atoms with Crippen molar-refractivity contribution in [3.8, 4) is 0 Å². The second-order valence-corrected chi connectivity index (χ2v) is 8.86. The minimum Gasteiger partial charge on any atom is -0.366 e. The van der Waals surface area contributed by atoms with E-state index in [2.05, 4.69) is 44.5 Å². The molecule has 2 fully saturated rings. The summed E-state index contributed by atoms with van der Waals surface area (Å²) in [6.07, 6.45) is 3.91. The number of likely N-dealkylation sites (tertiary alicyclic amines) is 1. The Morgan fingerprint density at radius 2 is 1.72 bits per heavy atom. The number of pyridine rings is 1. The molecule has 0 aliphatic carbocycles. The van der Waals surface area contributed by atoms with Crippen LogP contribution < -0.4 is 4.90 Å². The minimum absolute atomic E-state index is 0.105. The molecule has 1 amide bonds. The molecular weight excluding hydrogens is 314 g/mol. The molecule has 1 aromatic heterocycles. The van der Waals surface area contributed by atoms with Crippen LogP contribution in [-0.4, -0.2) is 53.2 Å². The third-order valence-electron chi connectivity index (χ3n) is 5.09. The van der Waals surface area contributed by atoms with Gasteiger partial charge in [-0.15, -0.1) is 0 Å². The normalized spacial score (nSPS) is 23.6. The number of carbonyl (C=O) groups excluding carboxylic acids is 1. The van der Waals surface area contributed by atoms with Gasteiger partial charge in [0.25, 0.3) is 5.91 Å². The second-order valence-electron chi connectivity index (χ2n) is 8.86. The highest BCUT2D eigenvalue weighted by atomic mass is 16.5. The highest BCUT2D eigenvalue weighted by molar-refractivity contribution is 5.94. The number of aromatic nitrogens is 1. The molecule has 2 aliphatic heterocycles. The molecule has 0 radical (unpaired) electrons. The van der Waals surface area contributed by atoms with Crippen LogP contribution in [0.5, 0.6) is 0 Å². The largest absolute Gasteiger partial charge is 0.366 e. The lowest BCUT2D eigenvalue weighted by molar-refractivity contribution is -0.133. The van der Waals surface area contributed by atoms with E-state index in [0.717, 1.165) is 50.8 Å². The van der Waals surface area contributed by atoms with Crippen LogP contribution in [0.2, 0.25) is 0 Å². The zero-order valence-corrected chi connectivity index (χ0v) is 16.2. The number of anilines is 1. The molecule has 5 heteroatoms. The summed E-state index contributed by atoms with van der Waals surface area (Å²) < 4.78 is 6.13. The Bertz CT molecular complexity index is 600. The Balaban J connectivity index is 1.71. The first kappa shape index (κ1) is 18.2. The highest BCUT2D eigenvalue weighted by Gasteiger charge is 2.38. The van der Waals surface area contributed by atoms with Gasteiger partial charge in [-0.3, -0.25) is 4.79 Å². The van der Waals surface area contributed by atoms with Crippen molar-refractivity contribution >= 4 is 11.7 Å². The number of morpholine rings is 1. The van der Waals surface area contributed by atoms with Gasteiger partial charge in [0.2, 0.25) is 0 Å². The Labute approximate surface area is 151 Å². The van der Waals surface area contributed by atoms with Crippen molar-refractivity contribution in [2.75, 3.05) is 31.1 Å². The van der Waals surface area contributed by atoms with Crippen molar-refractivity contribution in [3.05, 3.63) is 23.9 Å². The van der Waals surface area contributed by atoms with E-state index in [-0.39, 0.29) is 17.1 Å². The van der Waals surface area contributed by atoms with E-state index in [4.69, 9.17) is 4.74 Å². The average molecular weight is 345 g/mol. The maximum atomic E-state index is 12.7. The summed E-state index contributed by atoms with van der Waals surface area (Å²) in [7, 11) is 0. The van der Waals surface area contributed by atoms with Crippen LogP contribution in [0.25, 0.3) is 0 Å². The summed E-state index contributed by atoms with van der Waals surface area (Å²) in [5.41, 5.74) is 0.246. The molecule has 2 saturated heterocycles. The van der Waals surface area contributed by atoms with Gasteiger partial charge in [-0.2, -0.15) is 0 Å². The lowest BCUT2D eigenvalue weighted by atomic mass is 9.98. The SMILES string of the molecule is CC1CCN(C(=O)c2ccc(N3CC(C)(C)OC(C)(C)C3)nc2)CC1. The van der Waals surface area contributed by atoms with E-state index in [1.807, 2.05) is 17.0 Å². The Morgan fingerprint density at radius 1 is 1.12 bits per heavy atom. The molecule has 3 heterocycles. The van der Waals surface area contributed by atoms with Crippen LogP contribution in [-0.2, 0) is 4.74 Å². The Morgan fingerprint density at radius 3 is 2.24 bits per heavy atom. The van der Waals surface area contributed by atoms with Gasteiger partial charge in [0.1, 0.15) is 5.82 Å². The molecule has 0 bridgehead atoms. The van der Waals surface area contributed by atoms with Gasteiger partial charge < -0.3 is 14.5 Å². The monoisotopic (exact) mass is 345 g/mol. The van der Waals surface area contributed by atoms with E-state index < -0.39 is 0 Å². The molecule has 1 aromatic rings. The maximum Gasteiger partial charge on any atom is 0.255 e. The number of amides is 1. The molecule has 0 atom stereocenters. The van der Waals surface area contributed by atoms with Crippen molar-refractivity contribution in [2.24, 2.45) is 5.92 Å². The first-order valence-electron chi connectivity index (χ1n) is 9.36. The van der Waals surface area contributed by atoms with Gasteiger partial charge in [-0.1, -0.05) is 6.92 Å². The van der Waals surface area contributed by atoms with E-state index in [0.29, 0.717) is 5.56 Å². The molecule has 5 nitrogen and oxygen atoms in total. The summed E-state index contributed by atoms with van der Waals surface area (Å²) in [5, 5.41) is 0. The lowest BCUT2D eigenvalue weighted by Gasteiger charge is -2.47. The van der Waals surface area contributed by atoms with Crippen molar-refractivity contribution in [1.82, 2.24) is 9.88 Å². The van der Waals surface area contributed by atoms with Gasteiger partial charge in [-0.05, 0) is 58.6 Å². The van der Waals surface area contributed by atoms with Crippen LogP contribution >= 0.6 is 0 Å². The number of piperidine rings is 1. The molecule has 0 aromatic carbocycles. The maximum absolute atomic E-state index is 12.7. The van der Waals surface area contributed by atoms with Crippen molar-refractivity contribution in [3.63, 3.8) is 0 Å². The summed E-state index contributed by atoms with van der Waals surface area (Å²) in [4.78, 5) is 21.4. The number of carbonyl (C=O) groups is 1. The zero-order valence-electron chi connectivity index (χ0n) is 16.2. The quantitative estimate of drug-likeness (QED) is 0.825. The molecule has 0 spiro atoms. The van der Waals surface area contributed by atoms with Gasteiger partial charge in [0.15, 0.2) is 0 Å². The fourth-order valence-electron chi connectivity index (χ4n) is 4.04. The molecule has 0 N–H and O–H groups in total. The predicted octanol–water partition coefficient (Wildman–Crippen LogP) is 3.35. The van der Waals surface area contributed by atoms with Gasteiger partial charge in [0.05, 0.1) is 16.8 Å². The molecule has 0 saturated carbocycles. The number of hydrogen-bond donors (Lipinski definition) is 0. The van der Waals surface area contributed by atoms with E-state index in [1.165, 1.54) is 0 Å². The van der Waals surface area contributed by atoms with Crippen molar-refractivity contribution in [2.45, 2.75) is 58.7 Å². The fraction of sp³-hybridized carbons (Fsp3) is 0.700. The van der Waals surface area contributed by atoms with Crippen molar-refractivity contribution in [1.29, 1.82) is 0 Å². The molecule has 138 valence electrons. The van der Waals surface area contributed by atoms with Gasteiger partial charge in [0, 0.05) is 32.4 Å². The fourth-order valence-corrected chi connectivity index (χ4v) is 4.04. The Kier molecular flexibility index (Phi) is 4.80. The smallest absolute Gasteiger partial charge is 0.255 e. The van der Waals surface area contributed by atoms with Crippen LogP contribution in [0.15, 0.2) is 18.3 Å². The molecule has 3 rings (SSSR count). The van der Waals surface area contributed by atoms with Crippen LogP contribution in [0, 0.1) is 5.92 Å². The molecule has 25 heavy (non-hydrogen) atoms. The Hall–Kier alpha value is -1.62. The highest BCUT2D eigenvalue weighted by Crippen LogP contribution is 2.30. The summed E-state index contributed by atoms with van der Waals surface area (Å²) in [6.45, 7) is 14.0. The molecule has 2 aliphatic rings. The predicted molar refractivity (Wildman–Crippen MR) is 100.0 cm³/mol. The summed E-state index contributed by atoms with van der Waals surface area (Å²) in [6, 6.07) is 3.88. The standard InChI is InChI=1S/C20H31N3O2/c1-15-8-10-22(11-9-15)18(24)16-6-7-17(21-12-16)23-13-19(2,3)25-20(4,5)14-23/h6-7,12,15H,8-11,13-14H2,1-5H3. The molecular formula is C20H31N3O2. The first-order valence-corrected chi connectivity index (χ1v) is 9.36. The third kappa shape index (κ3) is 4.32. The lowest BCUT2D eigenvalue weighted by Crippen LogP contribution is -2.57. The van der Waals surface area contributed by atoms with Gasteiger partial charge in [-0.25, -0.2) is 4.98 Å². The van der Waals surface area contributed by atoms with E-state index >= 15 is 0 Å². The second kappa shape index (κ2) is 6.60. The average Bonchev–Trinajstić information content (AvgIpc) is 2.52. The van der Waals surface area contributed by atoms with Crippen LogP contribution in [0.3, 0.4) is 0 Å². The third-order valence-corrected chi connectivity index (χ3v) is 5.09. The summed E-state index contributed by atoms with van der Waals surface area (Å²) >= 11 is 0. The van der Waals surface area contributed by atoms with Crippen LogP contribution in [0.1, 0.15) is 57.8 Å². The zero-order chi connectivity index (χ0) is 18.2. The first-order chi connectivity index (χ1) is 11.7. The van der Waals surface area contributed by atoms with E-state index in [9.17, 15) is 4.79 Å². The molecule has 0 unspecified atom stereocenters.